The maximum absolute atomic E-state index is 9.23. The van der Waals surface area contributed by atoms with Crippen molar-refractivity contribution in [2.45, 2.75) is 32.1 Å². The summed E-state index contributed by atoms with van der Waals surface area (Å²) in [6.45, 7) is 0.744. The number of imidazole rings is 1. The largest absolute Gasteiger partial charge is 0.497 e. The van der Waals surface area contributed by atoms with Crippen molar-refractivity contribution < 1.29 is 14.8 Å². The number of rotatable bonds is 8. The van der Waals surface area contributed by atoms with Gasteiger partial charge in [0.1, 0.15) is 11.6 Å². The molecule has 0 aliphatic heterocycles. The van der Waals surface area contributed by atoms with Crippen molar-refractivity contribution in [2.24, 2.45) is 0 Å². The fourth-order valence-electron chi connectivity index (χ4n) is 3.15. The lowest BCUT2D eigenvalue weighted by Gasteiger charge is -2.10. The van der Waals surface area contributed by atoms with Gasteiger partial charge in [0.05, 0.1) is 29.8 Å². The average Bonchev–Trinajstić information content (AvgIpc) is 3.05. The number of hydrogen-bond donors (Lipinski definition) is 2. The van der Waals surface area contributed by atoms with E-state index >= 15 is 0 Å². The summed E-state index contributed by atoms with van der Waals surface area (Å²) in [5.41, 5.74) is 3.37. The van der Waals surface area contributed by atoms with Gasteiger partial charge in [0.2, 0.25) is 0 Å². The first kappa shape index (κ1) is 19.0. The molecule has 138 valence electrons. The highest BCUT2D eigenvalue weighted by molar-refractivity contribution is 6.40. The van der Waals surface area contributed by atoms with Gasteiger partial charge in [-0.15, -0.1) is 0 Å². The van der Waals surface area contributed by atoms with E-state index in [9.17, 15) is 5.26 Å². The van der Waals surface area contributed by atoms with Gasteiger partial charge >= 0.3 is 7.12 Å². The molecule has 7 heteroatoms. The third-order valence-corrected chi connectivity index (χ3v) is 4.57. The molecule has 0 aliphatic carbocycles. The number of ether oxygens (including phenoxy) is 1. The van der Waals surface area contributed by atoms with Gasteiger partial charge in [-0.05, 0) is 55.2 Å². The van der Waals surface area contributed by atoms with Crippen molar-refractivity contribution in [1.29, 1.82) is 5.26 Å². The molecule has 0 saturated carbocycles. The summed E-state index contributed by atoms with van der Waals surface area (Å²) in [6.07, 6.45) is 2.91. The summed E-state index contributed by atoms with van der Waals surface area (Å²) in [5, 5.41) is 27.2. The molecule has 0 atom stereocenters. The van der Waals surface area contributed by atoms with Gasteiger partial charge in [0, 0.05) is 12.1 Å². The zero-order valence-corrected chi connectivity index (χ0v) is 15.3. The van der Waals surface area contributed by atoms with E-state index in [0.29, 0.717) is 11.9 Å². The number of nitrogens with zero attached hydrogens (tertiary/aromatic N) is 3. The number of hydrogen-bond acceptors (Lipinski definition) is 5. The molecule has 2 aromatic carbocycles. The molecule has 27 heavy (non-hydrogen) atoms. The Hall–Kier alpha value is -2.82. The van der Waals surface area contributed by atoms with Crippen LogP contribution in [0.3, 0.4) is 0 Å². The van der Waals surface area contributed by atoms with Gasteiger partial charge in [-0.3, -0.25) is 0 Å². The van der Waals surface area contributed by atoms with Gasteiger partial charge in [0.15, 0.2) is 0 Å². The highest BCUT2D eigenvalue weighted by Gasteiger charge is 2.14. The van der Waals surface area contributed by atoms with Crippen LogP contribution in [0.1, 0.15) is 24.8 Å². The summed E-state index contributed by atoms with van der Waals surface area (Å²) in [6, 6.07) is 15.5. The van der Waals surface area contributed by atoms with Crippen LogP contribution in [0.5, 0.6) is 5.75 Å². The van der Waals surface area contributed by atoms with Crippen LogP contribution in [0.25, 0.3) is 22.4 Å². The third kappa shape index (κ3) is 4.48. The molecule has 0 saturated heterocycles. The molecule has 0 bridgehead atoms. The number of benzene rings is 2. The van der Waals surface area contributed by atoms with Crippen LogP contribution < -0.4 is 4.74 Å². The monoisotopic (exact) mass is 363 g/mol. The second-order valence-corrected chi connectivity index (χ2v) is 6.46. The van der Waals surface area contributed by atoms with Crippen LogP contribution in [-0.4, -0.2) is 33.8 Å². The predicted octanol–water partition coefficient (Wildman–Crippen LogP) is 3.23. The van der Waals surface area contributed by atoms with E-state index in [0.717, 1.165) is 54.0 Å². The van der Waals surface area contributed by atoms with Crippen molar-refractivity contribution in [3.05, 3.63) is 48.0 Å². The summed E-state index contributed by atoms with van der Waals surface area (Å²) in [5.74, 6) is 1.64. The van der Waals surface area contributed by atoms with E-state index in [-0.39, 0.29) is 0 Å². The first-order valence-electron chi connectivity index (χ1n) is 9.03. The van der Waals surface area contributed by atoms with E-state index in [2.05, 4.69) is 10.6 Å². The van der Waals surface area contributed by atoms with Crippen LogP contribution >= 0.6 is 0 Å². The fraction of sp³-hybridized carbons (Fsp3) is 0.300. The third-order valence-electron chi connectivity index (χ3n) is 4.57. The average molecular weight is 363 g/mol. The van der Waals surface area contributed by atoms with Gasteiger partial charge in [-0.25, -0.2) is 4.98 Å². The van der Waals surface area contributed by atoms with Crippen LogP contribution in [0, 0.1) is 11.3 Å². The first-order valence-corrected chi connectivity index (χ1v) is 9.03. The van der Waals surface area contributed by atoms with Gasteiger partial charge in [-0.1, -0.05) is 12.8 Å². The van der Waals surface area contributed by atoms with Crippen molar-refractivity contribution in [2.75, 3.05) is 7.11 Å². The second-order valence-electron chi connectivity index (χ2n) is 6.46. The molecule has 2 N–H and O–H groups in total. The molecule has 0 spiro atoms. The maximum Gasteiger partial charge on any atom is 0.451 e. The Morgan fingerprint density at radius 2 is 1.89 bits per heavy atom. The lowest BCUT2D eigenvalue weighted by Crippen LogP contribution is -2.09. The lowest BCUT2D eigenvalue weighted by atomic mass is 9.83. The fourth-order valence-corrected chi connectivity index (χ4v) is 3.15. The van der Waals surface area contributed by atoms with Crippen LogP contribution in [0.15, 0.2) is 42.5 Å². The lowest BCUT2D eigenvalue weighted by molar-refractivity contribution is 0.401. The number of fused-ring (bicyclic) bond motifs is 1. The Labute approximate surface area is 158 Å². The summed E-state index contributed by atoms with van der Waals surface area (Å²) in [4.78, 5) is 4.77. The minimum absolute atomic E-state index is 0.384. The van der Waals surface area contributed by atoms with E-state index in [1.165, 1.54) is 0 Å². The Kier molecular flexibility index (Phi) is 6.12. The summed E-state index contributed by atoms with van der Waals surface area (Å²) >= 11 is 0. The van der Waals surface area contributed by atoms with Gasteiger partial charge in [0.25, 0.3) is 0 Å². The van der Waals surface area contributed by atoms with E-state index in [4.69, 9.17) is 19.8 Å². The predicted molar refractivity (Wildman–Crippen MR) is 105 cm³/mol. The Bertz CT molecular complexity index is 946. The quantitative estimate of drug-likeness (QED) is 0.474. The van der Waals surface area contributed by atoms with Crippen molar-refractivity contribution in [1.82, 2.24) is 9.55 Å². The van der Waals surface area contributed by atoms with Crippen LogP contribution in [0.4, 0.5) is 0 Å². The molecule has 0 radical (unpaired) electrons. The Morgan fingerprint density at radius 3 is 2.56 bits per heavy atom. The van der Waals surface area contributed by atoms with Crippen molar-refractivity contribution in [3.63, 3.8) is 0 Å². The molecule has 3 aromatic rings. The first-order chi connectivity index (χ1) is 13.1. The molecule has 0 aliphatic rings. The Balaban J connectivity index is 1.92. The van der Waals surface area contributed by atoms with Gasteiger partial charge < -0.3 is 19.4 Å². The van der Waals surface area contributed by atoms with E-state index < -0.39 is 7.12 Å². The molecule has 3 rings (SSSR count). The molecular weight excluding hydrogens is 341 g/mol. The normalized spacial score (nSPS) is 10.7. The Morgan fingerprint density at radius 1 is 1.11 bits per heavy atom. The zero-order chi connectivity index (χ0) is 19.2. The number of aromatic nitrogens is 2. The van der Waals surface area contributed by atoms with Crippen LogP contribution in [0.2, 0.25) is 6.32 Å². The molecule has 0 unspecified atom stereocenters. The highest BCUT2D eigenvalue weighted by Crippen LogP contribution is 2.27. The minimum atomic E-state index is -1.24. The van der Waals surface area contributed by atoms with E-state index in [1.54, 1.807) is 13.2 Å². The molecule has 1 aromatic heterocycles. The second kappa shape index (κ2) is 8.71. The van der Waals surface area contributed by atoms with E-state index in [1.807, 2.05) is 36.4 Å². The standard InChI is InChI=1S/C20H22BN3O3/c1-27-17-8-6-16(7-9-17)20-23-18-10-5-15(14-22)13-19(18)24(20)12-4-2-3-11-21(25)26/h5-10,13,25-26H,2-4,11-12H2,1H3. The van der Waals surface area contributed by atoms with Crippen molar-refractivity contribution in [3.8, 4) is 23.2 Å². The smallest absolute Gasteiger partial charge is 0.451 e. The molecule has 0 amide bonds. The molecule has 6 nitrogen and oxygen atoms in total. The highest BCUT2D eigenvalue weighted by atomic mass is 16.5. The SMILES string of the molecule is COc1ccc(-c2nc3ccc(C#N)cc3n2CCCCCB(O)O)cc1. The molecule has 1 heterocycles. The number of unbranched alkanes of at least 4 members (excludes halogenated alkanes) is 2. The topological polar surface area (TPSA) is 91.3 Å². The van der Waals surface area contributed by atoms with Gasteiger partial charge in [-0.2, -0.15) is 5.26 Å². The molecular formula is C20H22BN3O3. The molecule has 0 fully saturated rings. The number of aryl methyl sites for hydroxylation is 1. The summed E-state index contributed by atoms with van der Waals surface area (Å²) in [7, 11) is 0.392. The number of methoxy groups -OCH3 is 1. The number of nitriles is 1. The zero-order valence-electron chi connectivity index (χ0n) is 15.3. The minimum Gasteiger partial charge on any atom is -0.497 e. The van der Waals surface area contributed by atoms with Crippen LogP contribution in [-0.2, 0) is 6.54 Å². The maximum atomic E-state index is 9.23. The summed E-state index contributed by atoms with van der Waals surface area (Å²) < 4.78 is 7.36. The van der Waals surface area contributed by atoms with Crippen molar-refractivity contribution >= 4 is 18.2 Å².